The number of rotatable bonds is 7. The Morgan fingerprint density at radius 2 is 2.19 bits per heavy atom. The number of carboxylic acid groups (broad SMARTS) is 1. The van der Waals surface area contributed by atoms with Crippen LogP contribution in [0.25, 0.3) is 0 Å². The first-order chi connectivity index (χ1) is 14.8. The van der Waals surface area contributed by atoms with Gasteiger partial charge in [-0.15, -0.1) is 22.0 Å². The summed E-state index contributed by atoms with van der Waals surface area (Å²) in [6, 6.07) is -0.793. The first kappa shape index (κ1) is 22.3. The molecular weight excluding hydrogens is 528 g/mol. The van der Waals surface area contributed by atoms with Gasteiger partial charge in [0.05, 0.1) is 10.7 Å². The molecule has 14 heteroatoms. The highest BCUT2D eigenvalue weighted by atomic mass is 79.9. The lowest BCUT2D eigenvalue weighted by Gasteiger charge is -2.49. The summed E-state index contributed by atoms with van der Waals surface area (Å²) >= 11 is 7.58. The van der Waals surface area contributed by atoms with E-state index in [1.54, 1.807) is 0 Å². The zero-order valence-corrected chi connectivity index (χ0v) is 20.4. The molecule has 1 fully saturated rings. The summed E-state index contributed by atoms with van der Waals surface area (Å²) in [6.45, 7) is 4.21. The van der Waals surface area contributed by atoms with Crippen molar-refractivity contribution in [2.45, 2.75) is 36.1 Å². The van der Waals surface area contributed by atoms with Crippen molar-refractivity contribution in [1.82, 2.24) is 30.2 Å². The van der Waals surface area contributed by atoms with Crippen molar-refractivity contribution in [1.29, 1.82) is 0 Å². The molecule has 1 saturated heterocycles. The topological polar surface area (TPSA) is 130 Å². The molecule has 2 atom stereocenters. The van der Waals surface area contributed by atoms with Gasteiger partial charge < -0.3 is 10.4 Å². The molecule has 2 amide bonds. The van der Waals surface area contributed by atoms with Crippen molar-refractivity contribution in [3.8, 4) is 0 Å². The molecule has 10 nitrogen and oxygen atoms in total. The Morgan fingerprint density at radius 1 is 1.42 bits per heavy atom. The second-order valence-corrected chi connectivity index (χ2v) is 11.0. The Labute approximate surface area is 198 Å². The van der Waals surface area contributed by atoms with Crippen LogP contribution in [-0.2, 0) is 16.1 Å². The van der Waals surface area contributed by atoms with Crippen molar-refractivity contribution in [2.24, 2.45) is 0 Å². The van der Waals surface area contributed by atoms with Crippen LogP contribution >= 0.6 is 50.8 Å². The van der Waals surface area contributed by atoms with Crippen LogP contribution in [0.3, 0.4) is 0 Å². The fraction of sp³-hybridized carbons (Fsp3) is 0.412. The van der Waals surface area contributed by atoms with E-state index in [4.69, 9.17) is 0 Å². The van der Waals surface area contributed by atoms with Crippen molar-refractivity contribution < 1.29 is 19.5 Å². The lowest BCUT2D eigenvalue weighted by Crippen LogP contribution is -2.70. The van der Waals surface area contributed by atoms with Gasteiger partial charge in [-0.3, -0.25) is 19.2 Å². The van der Waals surface area contributed by atoms with Crippen LogP contribution in [0.15, 0.2) is 26.3 Å². The van der Waals surface area contributed by atoms with Gasteiger partial charge in [0.15, 0.2) is 4.34 Å². The number of fused-ring (bicyclic) bond motifs is 1. The Balaban J connectivity index is 1.50. The second-order valence-electron chi connectivity index (χ2n) is 6.65. The predicted molar refractivity (Wildman–Crippen MR) is 120 cm³/mol. The van der Waals surface area contributed by atoms with Crippen LogP contribution in [0.1, 0.15) is 22.4 Å². The number of nitrogens with one attached hydrogen (secondary N) is 1. The molecule has 4 rings (SSSR count). The van der Waals surface area contributed by atoms with E-state index >= 15 is 0 Å². The Hall–Kier alpha value is -1.90. The maximum Gasteiger partial charge on any atom is 0.352 e. The number of aliphatic carboxylic acids is 1. The van der Waals surface area contributed by atoms with Gasteiger partial charge in [0.2, 0.25) is 0 Å². The van der Waals surface area contributed by atoms with Crippen LogP contribution in [0.2, 0.25) is 0 Å². The maximum absolute atomic E-state index is 12.8. The first-order valence-electron chi connectivity index (χ1n) is 9.16. The molecule has 0 unspecified atom stereocenters. The maximum atomic E-state index is 12.8. The quantitative estimate of drug-likeness (QED) is 0.396. The molecule has 31 heavy (non-hydrogen) atoms. The number of carbonyl (C=O) groups excluding carboxylic acids is 2. The number of carboxylic acids is 1. The highest BCUT2D eigenvalue weighted by Gasteiger charge is 2.54. The average molecular weight is 545 g/mol. The largest absolute Gasteiger partial charge is 0.477 e. The number of amides is 2. The van der Waals surface area contributed by atoms with E-state index < -0.39 is 29.2 Å². The van der Waals surface area contributed by atoms with Gasteiger partial charge in [-0.25, -0.2) is 4.79 Å². The Bertz CT molecular complexity index is 1100. The number of halogens is 1. The number of thioether (sulfide) groups is 2. The van der Waals surface area contributed by atoms with Crippen molar-refractivity contribution in [3.05, 3.63) is 32.6 Å². The highest BCUT2D eigenvalue weighted by Crippen LogP contribution is 2.42. The van der Waals surface area contributed by atoms with Crippen LogP contribution in [0.4, 0.5) is 0 Å². The molecule has 0 aromatic carbocycles. The summed E-state index contributed by atoms with van der Waals surface area (Å²) in [7, 11) is 0. The average Bonchev–Trinajstić information content (AvgIpc) is 3.34. The monoisotopic (exact) mass is 544 g/mol. The van der Waals surface area contributed by atoms with Gasteiger partial charge in [-0.05, 0) is 35.4 Å². The van der Waals surface area contributed by atoms with E-state index in [1.807, 2.05) is 13.8 Å². The Kier molecular flexibility index (Phi) is 6.42. The minimum atomic E-state index is -1.15. The van der Waals surface area contributed by atoms with Crippen LogP contribution < -0.4 is 5.32 Å². The van der Waals surface area contributed by atoms with Crippen LogP contribution in [0, 0.1) is 6.92 Å². The molecule has 0 aliphatic carbocycles. The van der Waals surface area contributed by atoms with Crippen LogP contribution in [0.5, 0.6) is 0 Å². The molecule has 0 bridgehead atoms. The SMILES string of the molecule is CCn1ncc(Br)c1C(=O)N[C@H]1C(=O)N2C(C(=O)O)=C(CSc3nnc(C)s3)CS[C@@H]12. The fourth-order valence-electron chi connectivity index (χ4n) is 3.32. The number of aryl methyl sites for hydroxylation is 2. The molecule has 164 valence electrons. The zero-order chi connectivity index (χ0) is 22.3. The zero-order valence-electron chi connectivity index (χ0n) is 16.4. The van der Waals surface area contributed by atoms with E-state index in [0.29, 0.717) is 33.8 Å². The van der Waals surface area contributed by atoms with Gasteiger partial charge >= 0.3 is 5.97 Å². The van der Waals surface area contributed by atoms with E-state index in [2.05, 4.69) is 36.5 Å². The molecule has 0 radical (unpaired) electrons. The lowest BCUT2D eigenvalue weighted by molar-refractivity contribution is -0.148. The van der Waals surface area contributed by atoms with Crippen LogP contribution in [-0.4, -0.2) is 70.7 Å². The normalized spacial score (nSPS) is 20.5. The van der Waals surface area contributed by atoms with Gasteiger partial charge in [-0.2, -0.15) is 5.10 Å². The summed E-state index contributed by atoms with van der Waals surface area (Å²) in [5, 5.41) is 25.0. The lowest BCUT2D eigenvalue weighted by atomic mass is 10.0. The number of carbonyl (C=O) groups is 3. The smallest absolute Gasteiger partial charge is 0.352 e. The number of hydrogen-bond acceptors (Lipinski definition) is 9. The standard InChI is InChI=1S/C17H17BrN6O4S3/c1-3-23-12(9(18)4-19-23)13(25)20-10-14(26)24-11(16(27)28)8(5-29-15(10)24)6-30-17-22-21-7(2)31-17/h4,10,15H,3,5-6H2,1-2H3,(H,20,25)(H,27,28)/t10-,15-/m0/s1. The number of β-lactam (4-membered cyclic amide) rings is 1. The summed E-state index contributed by atoms with van der Waals surface area (Å²) in [5.74, 6) is -1.17. The Morgan fingerprint density at radius 3 is 2.84 bits per heavy atom. The third kappa shape index (κ3) is 4.13. The molecule has 2 aliphatic heterocycles. The molecule has 2 aromatic rings. The van der Waals surface area contributed by atoms with E-state index in [1.165, 1.54) is 50.6 Å². The van der Waals surface area contributed by atoms with Gasteiger partial charge in [0.25, 0.3) is 11.8 Å². The molecule has 0 spiro atoms. The summed E-state index contributed by atoms with van der Waals surface area (Å²) in [6.07, 6.45) is 1.53. The van der Waals surface area contributed by atoms with E-state index in [9.17, 15) is 19.5 Å². The second kappa shape index (κ2) is 8.92. The van der Waals surface area contributed by atoms with Crippen molar-refractivity contribution in [2.75, 3.05) is 11.5 Å². The molecule has 2 aliphatic rings. The molecular formula is C17H17BrN6O4S3. The van der Waals surface area contributed by atoms with Crippen molar-refractivity contribution in [3.63, 3.8) is 0 Å². The summed E-state index contributed by atoms with van der Waals surface area (Å²) < 4.78 is 2.81. The van der Waals surface area contributed by atoms with E-state index in [0.717, 1.165) is 9.35 Å². The molecule has 2 aromatic heterocycles. The number of hydrogen-bond donors (Lipinski definition) is 2. The minimum absolute atomic E-state index is 0.00670. The predicted octanol–water partition coefficient (Wildman–Crippen LogP) is 1.97. The molecule has 4 heterocycles. The number of aromatic nitrogens is 4. The highest BCUT2D eigenvalue weighted by molar-refractivity contribution is 9.10. The van der Waals surface area contributed by atoms with Gasteiger partial charge in [-0.1, -0.05) is 23.1 Å². The number of nitrogens with zero attached hydrogens (tertiary/aromatic N) is 5. The molecule has 2 N–H and O–H groups in total. The van der Waals surface area contributed by atoms with Crippen molar-refractivity contribution >= 4 is 68.6 Å². The fourth-order valence-corrected chi connectivity index (χ4v) is 7.09. The van der Waals surface area contributed by atoms with Gasteiger partial charge in [0.1, 0.15) is 27.8 Å². The third-order valence-corrected chi connectivity index (χ3v) is 8.70. The summed E-state index contributed by atoms with van der Waals surface area (Å²) in [4.78, 5) is 38.8. The molecule has 0 saturated carbocycles. The van der Waals surface area contributed by atoms with E-state index in [-0.39, 0.29) is 5.70 Å². The summed E-state index contributed by atoms with van der Waals surface area (Å²) in [5.41, 5.74) is 0.970. The first-order valence-corrected chi connectivity index (χ1v) is 12.8. The van der Waals surface area contributed by atoms with Gasteiger partial charge in [0, 0.05) is 18.1 Å². The minimum Gasteiger partial charge on any atom is -0.477 e. The third-order valence-electron chi connectivity index (χ3n) is 4.72.